The maximum Gasteiger partial charge on any atom is 0.322 e. The van der Waals surface area contributed by atoms with Crippen molar-refractivity contribution in [1.82, 2.24) is 25.8 Å². The van der Waals surface area contributed by atoms with E-state index in [0.29, 0.717) is 39.1 Å². The average Bonchev–Trinajstić information content (AvgIpc) is 2.81. The summed E-state index contributed by atoms with van der Waals surface area (Å²) in [5, 5.41) is 10.2. The molecule has 4 rings (SSSR count). The zero-order valence-corrected chi connectivity index (χ0v) is 18.5. The van der Waals surface area contributed by atoms with Crippen LogP contribution < -0.4 is 21.7 Å². The topological polar surface area (TPSA) is 103 Å². The van der Waals surface area contributed by atoms with Gasteiger partial charge in [-0.05, 0) is 36.5 Å². The summed E-state index contributed by atoms with van der Waals surface area (Å²) in [6.45, 7) is 7.15. The van der Waals surface area contributed by atoms with E-state index in [-0.39, 0.29) is 24.0 Å². The van der Waals surface area contributed by atoms with Gasteiger partial charge in [0.1, 0.15) is 0 Å². The fourth-order valence-corrected chi connectivity index (χ4v) is 4.93. The van der Waals surface area contributed by atoms with Crippen molar-refractivity contribution in [2.24, 2.45) is 5.73 Å². The van der Waals surface area contributed by atoms with Gasteiger partial charge in [0.15, 0.2) is 0 Å². The van der Waals surface area contributed by atoms with Crippen molar-refractivity contribution in [2.75, 3.05) is 32.7 Å². The first-order valence-corrected chi connectivity index (χ1v) is 11.5. The van der Waals surface area contributed by atoms with Crippen molar-refractivity contribution in [3.8, 4) is 0 Å². The van der Waals surface area contributed by atoms with Crippen LogP contribution in [0, 0.1) is 0 Å². The van der Waals surface area contributed by atoms with Gasteiger partial charge in [-0.1, -0.05) is 26.0 Å². The summed E-state index contributed by atoms with van der Waals surface area (Å²) < 4.78 is 0. The zero-order valence-electron chi connectivity index (χ0n) is 18.5. The highest BCUT2D eigenvalue weighted by atomic mass is 16.2. The van der Waals surface area contributed by atoms with E-state index < -0.39 is 0 Å². The van der Waals surface area contributed by atoms with Crippen LogP contribution in [-0.4, -0.2) is 66.5 Å². The van der Waals surface area contributed by atoms with Crippen molar-refractivity contribution in [2.45, 2.75) is 51.6 Å². The lowest BCUT2D eigenvalue weighted by Gasteiger charge is -2.45. The molecule has 0 spiro atoms. The number of carbonyl (C=O) groups is 2. The number of hydrogen-bond acceptors (Lipinski definition) is 5. The summed E-state index contributed by atoms with van der Waals surface area (Å²) >= 11 is 0. The number of nitrogens with one attached hydrogen (secondary N) is 3. The fraction of sp³-hybridized carbons (Fsp3) is 0.565. The van der Waals surface area contributed by atoms with Gasteiger partial charge in [0, 0.05) is 45.2 Å². The minimum atomic E-state index is -0.0520. The van der Waals surface area contributed by atoms with Crippen molar-refractivity contribution in [1.29, 1.82) is 0 Å². The smallest absolute Gasteiger partial charge is 0.322 e. The highest BCUT2D eigenvalue weighted by Crippen LogP contribution is 2.33. The Labute approximate surface area is 184 Å². The highest BCUT2D eigenvalue weighted by molar-refractivity contribution is 5.81. The number of piperidine rings is 1. The molecule has 0 aromatic heterocycles. The number of carbonyl (C=O) groups excluding carboxylic acids is 2. The predicted molar refractivity (Wildman–Crippen MR) is 121 cm³/mol. The van der Waals surface area contributed by atoms with Crippen LogP contribution in [0.3, 0.4) is 0 Å². The van der Waals surface area contributed by atoms with Gasteiger partial charge in [0.05, 0.1) is 23.1 Å². The van der Waals surface area contributed by atoms with Crippen molar-refractivity contribution < 1.29 is 9.59 Å². The summed E-state index contributed by atoms with van der Waals surface area (Å²) in [5.41, 5.74) is 11.3. The highest BCUT2D eigenvalue weighted by Gasteiger charge is 2.39. The zero-order chi connectivity index (χ0) is 22.0. The van der Waals surface area contributed by atoms with Crippen LogP contribution in [0.15, 0.2) is 46.5 Å². The van der Waals surface area contributed by atoms with Gasteiger partial charge < -0.3 is 26.6 Å². The Morgan fingerprint density at radius 2 is 1.97 bits per heavy atom. The molecule has 0 aliphatic carbocycles. The number of nitrogens with zero attached hydrogens (tertiary/aromatic N) is 2. The second-order valence-electron chi connectivity index (χ2n) is 8.46. The van der Waals surface area contributed by atoms with E-state index >= 15 is 0 Å². The molecule has 1 atom stereocenters. The number of allylic oxidation sites excluding steroid dienone is 2. The quantitative estimate of drug-likeness (QED) is 0.497. The van der Waals surface area contributed by atoms with Gasteiger partial charge in [0.25, 0.3) is 0 Å². The van der Waals surface area contributed by atoms with E-state index in [1.165, 1.54) is 5.57 Å². The Bertz CT molecular complexity index is 863. The lowest BCUT2D eigenvalue weighted by molar-refractivity contribution is -0.132. The van der Waals surface area contributed by atoms with Crippen LogP contribution in [0.2, 0.25) is 0 Å². The number of rotatable bonds is 5. The minimum absolute atomic E-state index is 0.0215. The molecule has 1 fully saturated rings. The van der Waals surface area contributed by atoms with Gasteiger partial charge in [-0.2, -0.15) is 0 Å². The molecule has 31 heavy (non-hydrogen) atoms. The number of amides is 3. The van der Waals surface area contributed by atoms with Crippen molar-refractivity contribution in [3.63, 3.8) is 0 Å². The summed E-state index contributed by atoms with van der Waals surface area (Å²) in [5.74, 6) is 0.187. The fourth-order valence-electron chi connectivity index (χ4n) is 4.93. The molecule has 4 aliphatic heterocycles. The summed E-state index contributed by atoms with van der Waals surface area (Å²) in [6.07, 6.45) is 9.44. The Kier molecular flexibility index (Phi) is 6.36. The molecule has 8 nitrogen and oxygen atoms in total. The van der Waals surface area contributed by atoms with E-state index in [9.17, 15) is 9.59 Å². The maximum atomic E-state index is 13.0. The molecule has 8 heteroatoms. The monoisotopic (exact) mass is 426 g/mol. The van der Waals surface area contributed by atoms with E-state index in [2.05, 4.69) is 41.1 Å². The second-order valence-corrected chi connectivity index (χ2v) is 8.46. The molecule has 0 radical (unpaired) electrons. The van der Waals surface area contributed by atoms with E-state index in [1.807, 2.05) is 16.7 Å². The Morgan fingerprint density at radius 1 is 1.23 bits per heavy atom. The molecule has 5 N–H and O–H groups in total. The van der Waals surface area contributed by atoms with Gasteiger partial charge in [0.2, 0.25) is 5.91 Å². The van der Waals surface area contributed by atoms with Gasteiger partial charge in [-0.3, -0.25) is 9.69 Å². The van der Waals surface area contributed by atoms with Crippen LogP contribution >= 0.6 is 0 Å². The first-order valence-electron chi connectivity index (χ1n) is 11.5. The third-order valence-electron chi connectivity index (χ3n) is 6.59. The molecule has 0 bridgehead atoms. The molecular formula is C23H34N6O2. The molecule has 0 aromatic rings. The van der Waals surface area contributed by atoms with Crippen molar-refractivity contribution in [3.05, 3.63) is 46.5 Å². The number of dihydropyridines is 2. The van der Waals surface area contributed by atoms with Gasteiger partial charge in [-0.25, -0.2) is 4.79 Å². The Hall–Kier alpha value is -2.74. The lowest BCUT2D eigenvalue weighted by Crippen LogP contribution is -2.57. The molecule has 4 heterocycles. The molecular weight excluding hydrogens is 392 g/mol. The number of nitrogens with two attached hydrogens (primary N) is 1. The molecule has 168 valence electrons. The third kappa shape index (κ3) is 4.08. The van der Waals surface area contributed by atoms with Crippen LogP contribution in [0.25, 0.3) is 0 Å². The van der Waals surface area contributed by atoms with Crippen LogP contribution in [0.5, 0.6) is 0 Å². The number of urea groups is 1. The summed E-state index contributed by atoms with van der Waals surface area (Å²) in [7, 11) is 0. The second kappa shape index (κ2) is 9.18. The molecule has 3 amide bonds. The largest absolute Gasteiger partial charge is 0.379 e. The molecule has 1 unspecified atom stereocenters. The molecule has 1 saturated heterocycles. The normalized spacial score (nSPS) is 24.4. The van der Waals surface area contributed by atoms with Gasteiger partial charge >= 0.3 is 6.03 Å². The first-order chi connectivity index (χ1) is 15.1. The molecule has 0 aromatic carbocycles. The van der Waals surface area contributed by atoms with Crippen LogP contribution in [0.4, 0.5) is 4.79 Å². The Balaban J connectivity index is 1.61. The van der Waals surface area contributed by atoms with E-state index in [0.717, 1.165) is 41.9 Å². The minimum Gasteiger partial charge on any atom is -0.379 e. The third-order valence-corrected chi connectivity index (χ3v) is 6.59. The number of likely N-dealkylation sites (tertiary alicyclic amines) is 1. The Morgan fingerprint density at radius 3 is 2.65 bits per heavy atom. The summed E-state index contributed by atoms with van der Waals surface area (Å²) in [4.78, 5) is 29.0. The van der Waals surface area contributed by atoms with Gasteiger partial charge in [-0.15, -0.1) is 0 Å². The molecule has 0 saturated carbocycles. The average molecular weight is 427 g/mol. The lowest BCUT2D eigenvalue weighted by atomic mass is 9.93. The standard InChI is InChI=1S/C23H34N6O2/c1-3-5-15(12-24)18-6-7-19-21(27-18)22-16(13-25-19)14-26-23(31)29(22)17-8-10-28(11-9-17)20(30)4-2/h5-7,17-18,25,27H,3-4,8-14,24H2,1-2H3,(H,26,31)/b15-5+. The van der Waals surface area contributed by atoms with Crippen LogP contribution in [-0.2, 0) is 4.79 Å². The number of hydrogen-bond donors (Lipinski definition) is 4. The first kappa shape index (κ1) is 21.5. The molecule has 4 aliphatic rings. The van der Waals surface area contributed by atoms with Crippen molar-refractivity contribution >= 4 is 11.9 Å². The van der Waals surface area contributed by atoms with E-state index in [4.69, 9.17) is 5.73 Å². The number of fused-ring (bicyclic) bond motifs is 1. The van der Waals surface area contributed by atoms with E-state index in [1.54, 1.807) is 0 Å². The van der Waals surface area contributed by atoms with Crippen LogP contribution in [0.1, 0.15) is 39.5 Å². The SMILES string of the molecule is CC/C=C(\CN)C1C=CC2=C(N1)C1=C(CNC(=O)N1C1CCN(C(=O)CC)CC1)CN2. The summed E-state index contributed by atoms with van der Waals surface area (Å²) in [6, 6.07) is 0.0430. The maximum absolute atomic E-state index is 13.0. The predicted octanol–water partition coefficient (Wildman–Crippen LogP) is 1.30.